The number of hydrogen-bond donors (Lipinski definition) is 0. The summed E-state index contributed by atoms with van der Waals surface area (Å²) >= 11 is 0. The number of anilines is 2. The van der Waals surface area contributed by atoms with E-state index in [0.717, 1.165) is 52.4 Å². The normalized spacial score (nSPS) is 18.4. The van der Waals surface area contributed by atoms with Gasteiger partial charge >= 0.3 is 0 Å². The lowest BCUT2D eigenvalue weighted by Gasteiger charge is -2.36. The second-order valence-electron chi connectivity index (χ2n) is 7.40. The van der Waals surface area contributed by atoms with E-state index in [9.17, 15) is 0 Å². The van der Waals surface area contributed by atoms with Crippen molar-refractivity contribution in [1.82, 2.24) is 9.80 Å². The summed E-state index contributed by atoms with van der Waals surface area (Å²) in [6.07, 6.45) is 8.83. The van der Waals surface area contributed by atoms with Crippen molar-refractivity contribution >= 4 is 11.4 Å². The smallest absolute Gasteiger partial charge is 0.0367 e. The number of piperazine rings is 2. The van der Waals surface area contributed by atoms with E-state index in [1.807, 2.05) is 0 Å². The van der Waals surface area contributed by atoms with Crippen molar-refractivity contribution in [3.63, 3.8) is 0 Å². The minimum atomic E-state index is 1.08. The molecule has 0 radical (unpaired) electrons. The second-order valence-corrected chi connectivity index (χ2v) is 7.40. The molecule has 0 aromatic heterocycles. The monoisotopic (exact) mass is 374 g/mol. The van der Waals surface area contributed by atoms with E-state index in [0.29, 0.717) is 0 Å². The molecule has 28 heavy (non-hydrogen) atoms. The zero-order valence-electron chi connectivity index (χ0n) is 16.5. The molecule has 0 amide bonds. The third-order valence-corrected chi connectivity index (χ3v) is 5.58. The van der Waals surface area contributed by atoms with Crippen LogP contribution in [0.4, 0.5) is 11.4 Å². The summed E-state index contributed by atoms with van der Waals surface area (Å²) in [6, 6.07) is 21.4. The number of hydrogen-bond acceptors (Lipinski definition) is 4. The van der Waals surface area contributed by atoms with Gasteiger partial charge in [0, 0.05) is 63.7 Å². The average molecular weight is 375 g/mol. The SMILES string of the molecule is C(=C/N1CCN(c2ccccc2)CC1)/C=C/N1CCN(c2ccccc2)CC1. The van der Waals surface area contributed by atoms with E-state index in [1.165, 1.54) is 11.4 Å². The molecule has 146 valence electrons. The van der Waals surface area contributed by atoms with E-state index in [-0.39, 0.29) is 0 Å². The largest absolute Gasteiger partial charge is 0.374 e. The summed E-state index contributed by atoms with van der Waals surface area (Å²) in [6.45, 7) is 8.64. The number of allylic oxidation sites excluding steroid dienone is 2. The first-order valence-electron chi connectivity index (χ1n) is 10.3. The average Bonchev–Trinajstić information content (AvgIpc) is 2.79. The molecular weight excluding hydrogens is 344 g/mol. The highest BCUT2D eigenvalue weighted by molar-refractivity contribution is 5.47. The van der Waals surface area contributed by atoms with E-state index in [2.05, 4.69) is 105 Å². The van der Waals surface area contributed by atoms with Crippen molar-refractivity contribution in [2.45, 2.75) is 0 Å². The molecule has 2 saturated heterocycles. The quantitative estimate of drug-likeness (QED) is 0.741. The second kappa shape index (κ2) is 9.36. The molecule has 4 nitrogen and oxygen atoms in total. The van der Waals surface area contributed by atoms with Gasteiger partial charge in [-0.05, 0) is 48.8 Å². The number of nitrogens with zero attached hydrogens (tertiary/aromatic N) is 4. The van der Waals surface area contributed by atoms with Gasteiger partial charge in [0.15, 0.2) is 0 Å². The van der Waals surface area contributed by atoms with Crippen molar-refractivity contribution in [2.24, 2.45) is 0 Å². The first-order valence-corrected chi connectivity index (χ1v) is 10.3. The summed E-state index contributed by atoms with van der Waals surface area (Å²) in [5.41, 5.74) is 2.67. The van der Waals surface area contributed by atoms with Crippen molar-refractivity contribution in [3.05, 3.63) is 85.2 Å². The molecule has 0 unspecified atom stereocenters. The van der Waals surface area contributed by atoms with Gasteiger partial charge in [-0.25, -0.2) is 0 Å². The molecule has 0 N–H and O–H groups in total. The van der Waals surface area contributed by atoms with Gasteiger partial charge in [0.25, 0.3) is 0 Å². The first-order chi connectivity index (χ1) is 13.9. The lowest BCUT2D eigenvalue weighted by Crippen LogP contribution is -2.44. The summed E-state index contributed by atoms with van der Waals surface area (Å²) in [4.78, 5) is 9.76. The Labute approximate surface area is 169 Å². The van der Waals surface area contributed by atoms with Gasteiger partial charge in [0.05, 0.1) is 0 Å². The van der Waals surface area contributed by atoms with Crippen LogP contribution >= 0.6 is 0 Å². The fourth-order valence-electron chi connectivity index (χ4n) is 3.88. The number of rotatable bonds is 5. The van der Waals surface area contributed by atoms with Gasteiger partial charge in [-0.3, -0.25) is 0 Å². The molecule has 4 rings (SSSR count). The van der Waals surface area contributed by atoms with Gasteiger partial charge in [0.1, 0.15) is 0 Å². The molecule has 2 aromatic rings. The van der Waals surface area contributed by atoms with E-state index in [1.54, 1.807) is 0 Å². The third kappa shape index (κ3) is 4.89. The molecule has 0 saturated carbocycles. The van der Waals surface area contributed by atoms with Gasteiger partial charge in [0.2, 0.25) is 0 Å². The van der Waals surface area contributed by atoms with Crippen LogP contribution in [0, 0.1) is 0 Å². The molecule has 2 aliphatic rings. The maximum atomic E-state index is 2.46. The van der Waals surface area contributed by atoms with Crippen molar-refractivity contribution in [2.75, 3.05) is 62.2 Å². The minimum absolute atomic E-state index is 1.08. The van der Waals surface area contributed by atoms with Crippen LogP contribution in [0.25, 0.3) is 0 Å². The molecule has 0 spiro atoms. The summed E-state index contributed by atoms with van der Waals surface area (Å²) in [7, 11) is 0. The Bertz CT molecular complexity index is 688. The molecule has 0 bridgehead atoms. The van der Waals surface area contributed by atoms with Crippen LogP contribution in [0.2, 0.25) is 0 Å². The topological polar surface area (TPSA) is 13.0 Å². The Morgan fingerprint density at radius 2 is 0.821 bits per heavy atom. The van der Waals surface area contributed by atoms with Crippen molar-refractivity contribution < 1.29 is 0 Å². The molecular formula is C24H30N4. The van der Waals surface area contributed by atoms with E-state index < -0.39 is 0 Å². The predicted octanol–water partition coefficient (Wildman–Crippen LogP) is 3.66. The van der Waals surface area contributed by atoms with Crippen LogP contribution in [0.15, 0.2) is 85.2 Å². The van der Waals surface area contributed by atoms with Crippen LogP contribution in [0.1, 0.15) is 0 Å². The fourth-order valence-corrected chi connectivity index (χ4v) is 3.88. The molecule has 0 atom stereocenters. The summed E-state index contributed by atoms with van der Waals surface area (Å²) in [5, 5.41) is 0. The zero-order chi connectivity index (χ0) is 19.0. The van der Waals surface area contributed by atoms with Crippen LogP contribution in [-0.2, 0) is 0 Å². The fraction of sp³-hybridized carbons (Fsp3) is 0.333. The van der Waals surface area contributed by atoms with Crippen molar-refractivity contribution in [3.8, 4) is 0 Å². The Morgan fingerprint density at radius 1 is 0.464 bits per heavy atom. The lowest BCUT2D eigenvalue weighted by molar-refractivity contribution is 0.346. The number of benzene rings is 2. The predicted molar refractivity (Wildman–Crippen MR) is 119 cm³/mol. The highest BCUT2D eigenvalue weighted by Gasteiger charge is 2.15. The molecule has 4 heteroatoms. The molecule has 0 aliphatic carbocycles. The Morgan fingerprint density at radius 3 is 1.18 bits per heavy atom. The van der Waals surface area contributed by atoms with E-state index >= 15 is 0 Å². The minimum Gasteiger partial charge on any atom is -0.374 e. The van der Waals surface area contributed by atoms with E-state index in [4.69, 9.17) is 0 Å². The molecule has 2 fully saturated rings. The van der Waals surface area contributed by atoms with Crippen LogP contribution in [0.5, 0.6) is 0 Å². The molecule has 2 heterocycles. The van der Waals surface area contributed by atoms with Crippen molar-refractivity contribution in [1.29, 1.82) is 0 Å². The van der Waals surface area contributed by atoms with Gasteiger partial charge in [-0.1, -0.05) is 36.4 Å². The van der Waals surface area contributed by atoms with Gasteiger partial charge in [-0.15, -0.1) is 0 Å². The lowest BCUT2D eigenvalue weighted by atomic mass is 10.2. The third-order valence-electron chi connectivity index (χ3n) is 5.58. The van der Waals surface area contributed by atoms with Crippen LogP contribution in [0.3, 0.4) is 0 Å². The Kier molecular flexibility index (Phi) is 6.18. The molecule has 2 aliphatic heterocycles. The summed E-state index contributed by atoms with van der Waals surface area (Å²) in [5.74, 6) is 0. The highest BCUT2D eigenvalue weighted by atomic mass is 15.3. The Hall–Kier alpha value is -2.88. The standard InChI is InChI=1S/C24H30N4/c1-3-9-23(10-4-1)27-19-15-25(16-20-27)13-7-8-14-26-17-21-28(22-18-26)24-11-5-2-6-12-24/h1-14H,15-22H2/b13-7-,14-8+. The van der Waals surface area contributed by atoms with Crippen LogP contribution < -0.4 is 9.80 Å². The molecule has 2 aromatic carbocycles. The first kappa shape index (κ1) is 18.5. The highest BCUT2D eigenvalue weighted by Crippen LogP contribution is 2.16. The van der Waals surface area contributed by atoms with Gasteiger partial charge < -0.3 is 19.6 Å². The van der Waals surface area contributed by atoms with Gasteiger partial charge in [-0.2, -0.15) is 0 Å². The van der Waals surface area contributed by atoms with Crippen LogP contribution in [-0.4, -0.2) is 62.2 Å². The maximum absolute atomic E-state index is 2.46. The Balaban J connectivity index is 1.18. The maximum Gasteiger partial charge on any atom is 0.0367 e. The number of para-hydroxylation sites is 2. The zero-order valence-corrected chi connectivity index (χ0v) is 16.5. The summed E-state index contributed by atoms with van der Waals surface area (Å²) < 4.78 is 0.